The summed E-state index contributed by atoms with van der Waals surface area (Å²) in [5.41, 5.74) is 8.62. The molecule has 0 aliphatic carbocycles. The fourth-order valence-corrected chi connectivity index (χ4v) is 5.38. The van der Waals surface area contributed by atoms with E-state index in [4.69, 9.17) is 10.2 Å². The van der Waals surface area contributed by atoms with Crippen LogP contribution in [0.15, 0.2) is 46.9 Å². The van der Waals surface area contributed by atoms with Gasteiger partial charge in [0.15, 0.2) is 0 Å². The Bertz CT molecular complexity index is 1040. The second kappa shape index (κ2) is 6.61. The number of furan rings is 1. The van der Waals surface area contributed by atoms with Gasteiger partial charge in [-0.2, -0.15) is 0 Å². The van der Waals surface area contributed by atoms with Crippen LogP contribution in [0.3, 0.4) is 0 Å². The first kappa shape index (κ1) is 17.7. The Morgan fingerprint density at radius 1 is 1.14 bits per heavy atom. The maximum atomic E-state index is 12.5. The number of amides is 1. The lowest BCUT2D eigenvalue weighted by Crippen LogP contribution is -2.64. The number of benzene rings is 2. The van der Waals surface area contributed by atoms with Crippen LogP contribution in [0.4, 0.5) is 0 Å². The summed E-state index contributed by atoms with van der Waals surface area (Å²) in [7, 11) is 2.14. The van der Waals surface area contributed by atoms with Crippen molar-refractivity contribution < 1.29 is 9.21 Å². The number of piperidine rings is 2. The fourth-order valence-electron chi connectivity index (χ4n) is 5.38. The molecule has 5 heteroatoms. The van der Waals surface area contributed by atoms with Crippen LogP contribution in [0.1, 0.15) is 24.8 Å². The molecule has 3 heterocycles. The Labute approximate surface area is 165 Å². The number of hydrogen-bond donors (Lipinski definition) is 1. The Morgan fingerprint density at radius 3 is 2.82 bits per heavy atom. The van der Waals surface area contributed by atoms with Gasteiger partial charge in [-0.3, -0.25) is 9.69 Å². The molecule has 0 bridgehead atoms. The first-order chi connectivity index (χ1) is 13.6. The molecule has 2 N–H and O–H groups in total. The molecule has 28 heavy (non-hydrogen) atoms. The number of nitrogens with two attached hydrogens (primary N) is 1. The minimum Gasteiger partial charge on any atom is -0.456 e. The van der Waals surface area contributed by atoms with Crippen LogP contribution >= 0.6 is 0 Å². The SMILES string of the molecule is CN1CC[C@]2(C(N)=O)CCCN(Cc3cccc4c3oc3ccccc34)[C@H]2C1. The number of nitrogens with zero attached hydrogens (tertiary/aromatic N) is 2. The van der Waals surface area contributed by atoms with E-state index in [-0.39, 0.29) is 11.9 Å². The van der Waals surface area contributed by atoms with Crippen LogP contribution in [-0.4, -0.2) is 48.4 Å². The molecule has 1 amide bonds. The zero-order valence-electron chi connectivity index (χ0n) is 16.4. The lowest BCUT2D eigenvalue weighted by Gasteiger charge is -2.53. The minimum absolute atomic E-state index is 0.128. The van der Waals surface area contributed by atoms with Crippen molar-refractivity contribution in [2.24, 2.45) is 11.1 Å². The van der Waals surface area contributed by atoms with Gasteiger partial charge in [0, 0.05) is 35.5 Å². The molecule has 0 radical (unpaired) electrons. The first-order valence-electron chi connectivity index (χ1n) is 10.2. The summed E-state index contributed by atoms with van der Waals surface area (Å²) in [6.07, 6.45) is 2.78. The van der Waals surface area contributed by atoms with E-state index in [1.807, 2.05) is 18.2 Å². The van der Waals surface area contributed by atoms with Gasteiger partial charge in [-0.1, -0.05) is 36.4 Å². The highest BCUT2D eigenvalue weighted by molar-refractivity contribution is 6.05. The standard InChI is InChI=1S/C23H27N3O2/c1-25-13-11-23(22(24)27)10-5-12-26(20(23)15-25)14-16-6-4-8-18-17-7-2-3-9-19(17)28-21(16)18/h2-4,6-9,20H,5,10-15H2,1H3,(H2,24,27)/t20-,23+/m0/s1. The van der Waals surface area contributed by atoms with Gasteiger partial charge in [0.1, 0.15) is 11.2 Å². The minimum atomic E-state index is -0.396. The number of likely N-dealkylation sites (tertiary alicyclic amines) is 2. The largest absolute Gasteiger partial charge is 0.456 e. The zero-order chi connectivity index (χ0) is 19.3. The molecule has 0 saturated carbocycles. The van der Waals surface area contributed by atoms with Crippen molar-refractivity contribution in [1.82, 2.24) is 9.80 Å². The molecule has 0 unspecified atom stereocenters. The summed E-state index contributed by atoms with van der Waals surface area (Å²) in [6, 6.07) is 14.7. The number of fused-ring (bicyclic) bond motifs is 4. The van der Waals surface area contributed by atoms with E-state index in [9.17, 15) is 4.79 Å². The van der Waals surface area contributed by atoms with Crippen molar-refractivity contribution in [1.29, 1.82) is 0 Å². The van der Waals surface area contributed by atoms with Gasteiger partial charge < -0.3 is 15.1 Å². The third kappa shape index (κ3) is 2.65. The van der Waals surface area contributed by atoms with Crippen LogP contribution < -0.4 is 5.73 Å². The van der Waals surface area contributed by atoms with Crippen molar-refractivity contribution in [3.8, 4) is 0 Å². The van der Waals surface area contributed by atoms with Crippen LogP contribution in [0.25, 0.3) is 21.9 Å². The molecule has 1 aromatic heterocycles. The molecule has 5 nitrogen and oxygen atoms in total. The molecule has 3 aromatic rings. The lowest BCUT2D eigenvalue weighted by atomic mass is 9.68. The molecule has 2 aliphatic rings. The maximum Gasteiger partial charge on any atom is 0.225 e. The summed E-state index contributed by atoms with van der Waals surface area (Å²) in [5.74, 6) is -0.128. The third-order valence-electron chi connectivity index (χ3n) is 6.92. The van der Waals surface area contributed by atoms with Crippen molar-refractivity contribution in [2.45, 2.75) is 31.8 Å². The Hall–Kier alpha value is -2.37. The van der Waals surface area contributed by atoms with E-state index < -0.39 is 5.41 Å². The monoisotopic (exact) mass is 377 g/mol. The average Bonchev–Trinajstić information content (AvgIpc) is 3.08. The third-order valence-corrected chi connectivity index (χ3v) is 6.92. The summed E-state index contributed by atoms with van der Waals surface area (Å²) in [6.45, 7) is 3.60. The predicted molar refractivity (Wildman–Crippen MR) is 111 cm³/mol. The smallest absolute Gasteiger partial charge is 0.225 e. The summed E-state index contributed by atoms with van der Waals surface area (Å²) < 4.78 is 6.23. The second-order valence-corrected chi connectivity index (χ2v) is 8.51. The molecule has 2 fully saturated rings. The van der Waals surface area contributed by atoms with Gasteiger partial charge in [-0.25, -0.2) is 0 Å². The lowest BCUT2D eigenvalue weighted by molar-refractivity contribution is -0.141. The molecule has 2 atom stereocenters. The Balaban J connectivity index is 1.54. The van der Waals surface area contributed by atoms with Gasteiger partial charge in [0.25, 0.3) is 0 Å². The van der Waals surface area contributed by atoms with E-state index in [0.717, 1.165) is 67.4 Å². The predicted octanol–water partition coefficient (Wildman–Crippen LogP) is 3.36. The van der Waals surface area contributed by atoms with E-state index in [2.05, 4.69) is 41.1 Å². The van der Waals surface area contributed by atoms with Crippen molar-refractivity contribution in [3.63, 3.8) is 0 Å². The molecule has 2 aliphatic heterocycles. The van der Waals surface area contributed by atoms with E-state index in [1.165, 1.54) is 5.56 Å². The fraction of sp³-hybridized carbons (Fsp3) is 0.435. The van der Waals surface area contributed by atoms with Crippen molar-refractivity contribution in [2.75, 3.05) is 26.7 Å². The van der Waals surface area contributed by atoms with E-state index in [0.29, 0.717) is 0 Å². The topological polar surface area (TPSA) is 62.7 Å². The molecule has 146 valence electrons. The van der Waals surface area contributed by atoms with Crippen molar-refractivity contribution in [3.05, 3.63) is 48.0 Å². The highest BCUT2D eigenvalue weighted by atomic mass is 16.3. The first-order valence-corrected chi connectivity index (χ1v) is 10.2. The van der Waals surface area contributed by atoms with Crippen LogP contribution in [0.2, 0.25) is 0 Å². The molecular weight excluding hydrogens is 350 g/mol. The molecule has 0 spiro atoms. The van der Waals surface area contributed by atoms with Crippen LogP contribution in [0.5, 0.6) is 0 Å². The van der Waals surface area contributed by atoms with Gasteiger partial charge in [-0.05, 0) is 45.5 Å². The summed E-state index contributed by atoms with van der Waals surface area (Å²) in [5, 5.41) is 2.31. The summed E-state index contributed by atoms with van der Waals surface area (Å²) >= 11 is 0. The van der Waals surface area contributed by atoms with Crippen LogP contribution in [0, 0.1) is 5.41 Å². The maximum absolute atomic E-state index is 12.5. The zero-order valence-corrected chi connectivity index (χ0v) is 16.4. The number of para-hydroxylation sites is 2. The quantitative estimate of drug-likeness (QED) is 0.760. The number of likely N-dealkylation sites (N-methyl/N-ethyl adjacent to an activating group) is 1. The van der Waals surface area contributed by atoms with Gasteiger partial charge >= 0.3 is 0 Å². The highest BCUT2D eigenvalue weighted by Crippen LogP contribution is 2.43. The van der Waals surface area contributed by atoms with Gasteiger partial charge in [0.05, 0.1) is 5.41 Å². The Kier molecular flexibility index (Phi) is 4.18. The number of rotatable bonds is 3. The molecule has 5 rings (SSSR count). The molecule has 2 aromatic carbocycles. The van der Waals surface area contributed by atoms with Gasteiger partial charge in [0.2, 0.25) is 5.91 Å². The molecular formula is C23H27N3O2. The number of primary amides is 1. The number of carbonyl (C=O) groups excluding carboxylic acids is 1. The van der Waals surface area contributed by atoms with Gasteiger partial charge in [-0.15, -0.1) is 0 Å². The van der Waals surface area contributed by atoms with E-state index in [1.54, 1.807) is 0 Å². The summed E-state index contributed by atoms with van der Waals surface area (Å²) in [4.78, 5) is 17.3. The molecule has 2 saturated heterocycles. The normalized spacial score (nSPS) is 26.5. The average molecular weight is 377 g/mol. The second-order valence-electron chi connectivity index (χ2n) is 8.51. The highest BCUT2D eigenvalue weighted by Gasteiger charge is 2.51. The van der Waals surface area contributed by atoms with Crippen LogP contribution in [-0.2, 0) is 11.3 Å². The number of hydrogen-bond acceptors (Lipinski definition) is 4. The van der Waals surface area contributed by atoms with E-state index >= 15 is 0 Å². The Morgan fingerprint density at radius 2 is 1.96 bits per heavy atom. The van der Waals surface area contributed by atoms with Crippen molar-refractivity contribution >= 4 is 27.8 Å². The number of carbonyl (C=O) groups is 1.